The molecule has 0 heterocycles. The third-order valence-electron chi connectivity index (χ3n) is 3.15. The molecule has 0 aliphatic heterocycles. The SMILES string of the molecule is CC(NC(=O)Cc1c(F)cccc1Cl)c1ccc(Br)cc1. The van der Waals surface area contributed by atoms with Crippen molar-refractivity contribution < 1.29 is 9.18 Å². The molecule has 110 valence electrons. The van der Waals surface area contributed by atoms with Crippen molar-refractivity contribution in [1.82, 2.24) is 5.32 Å². The van der Waals surface area contributed by atoms with Crippen molar-refractivity contribution in [2.45, 2.75) is 19.4 Å². The first-order valence-corrected chi connectivity index (χ1v) is 7.62. The molecule has 0 aliphatic rings. The van der Waals surface area contributed by atoms with Gasteiger partial charge in [0, 0.05) is 15.1 Å². The normalized spacial score (nSPS) is 12.0. The van der Waals surface area contributed by atoms with E-state index in [1.807, 2.05) is 31.2 Å². The van der Waals surface area contributed by atoms with Crippen LogP contribution < -0.4 is 5.32 Å². The van der Waals surface area contributed by atoms with Gasteiger partial charge in [0.25, 0.3) is 0 Å². The van der Waals surface area contributed by atoms with E-state index in [2.05, 4.69) is 21.2 Å². The molecule has 2 rings (SSSR count). The molecular formula is C16H14BrClFNO. The standard InChI is InChI=1S/C16H14BrClFNO/c1-10(11-5-7-12(17)8-6-11)20-16(21)9-13-14(18)3-2-4-15(13)19/h2-8,10H,9H2,1H3,(H,20,21). The minimum Gasteiger partial charge on any atom is -0.349 e. The highest BCUT2D eigenvalue weighted by molar-refractivity contribution is 9.10. The summed E-state index contributed by atoms with van der Waals surface area (Å²) in [4.78, 5) is 12.0. The molecule has 0 aliphatic carbocycles. The Bertz CT molecular complexity index is 625. The number of carbonyl (C=O) groups excluding carboxylic acids is 1. The van der Waals surface area contributed by atoms with Gasteiger partial charge in [-0.1, -0.05) is 45.7 Å². The Morgan fingerprint density at radius 2 is 1.95 bits per heavy atom. The lowest BCUT2D eigenvalue weighted by Gasteiger charge is -2.15. The highest BCUT2D eigenvalue weighted by Crippen LogP contribution is 2.20. The van der Waals surface area contributed by atoms with Crippen molar-refractivity contribution in [3.05, 3.63) is 68.9 Å². The van der Waals surface area contributed by atoms with Gasteiger partial charge >= 0.3 is 0 Å². The summed E-state index contributed by atoms with van der Waals surface area (Å²) < 4.78 is 14.6. The van der Waals surface area contributed by atoms with Crippen molar-refractivity contribution in [3.8, 4) is 0 Å². The van der Waals surface area contributed by atoms with Gasteiger partial charge in [-0.25, -0.2) is 4.39 Å². The van der Waals surface area contributed by atoms with Gasteiger partial charge in [-0.15, -0.1) is 0 Å². The molecule has 0 saturated carbocycles. The van der Waals surface area contributed by atoms with Crippen LogP contribution in [-0.4, -0.2) is 5.91 Å². The fourth-order valence-electron chi connectivity index (χ4n) is 1.99. The number of hydrogen-bond acceptors (Lipinski definition) is 1. The van der Waals surface area contributed by atoms with Gasteiger partial charge in [-0.05, 0) is 36.8 Å². The number of amides is 1. The van der Waals surface area contributed by atoms with Crippen LogP contribution >= 0.6 is 27.5 Å². The van der Waals surface area contributed by atoms with Crippen molar-refractivity contribution in [1.29, 1.82) is 0 Å². The van der Waals surface area contributed by atoms with Gasteiger partial charge in [0.05, 0.1) is 12.5 Å². The van der Waals surface area contributed by atoms with Crippen molar-refractivity contribution in [2.75, 3.05) is 0 Å². The van der Waals surface area contributed by atoms with E-state index in [1.54, 1.807) is 6.07 Å². The van der Waals surface area contributed by atoms with Crippen LogP contribution in [0.1, 0.15) is 24.1 Å². The van der Waals surface area contributed by atoms with Crippen LogP contribution in [0.15, 0.2) is 46.9 Å². The Labute approximate surface area is 136 Å². The van der Waals surface area contributed by atoms with E-state index in [4.69, 9.17) is 11.6 Å². The first-order valence-electron chi connectivity index (χ1n) is 6.45. The molecule has 1 unspecified atom stereocenters. The summed E-state index contributed by atoms with van der Waals surface area (Å²) >= 11 is 9.28. The maximum atomic E-state index is 13.6. The molecule has 0 aromatic heterocycles. The zero-order valence-corrected chi connectivity index (χ0v) is 13.7. The monoisotopic (exact) mass is 369 g/mol. The topological polar surface area (TPSA) is 29.1 Å². The molecule has 2 nitrogen and oxygen atoms in total. The second-order valence-electron chi connectivity index (χ2n) is 4.72. The van der Waals surface area contributed by atoms with Crippen LogP contribution in [-0.2, 0) is 11.2 Å². The maximum absolute atomic E-state index is 13.6. The van der Waals surface area contributed by atoms with Crippen molar-refractivity contribution in [3.63, 3.8) is 0 Å². The number of benzene rings is 2. The quantitative estimate of drug-likeness (QED) is 0.833. The molecule has 1 N–H and O–H groups in total. The van der Waals surface area contributed by atoms with E-state index in [0.29, 0.717) is 0 Å². The Balaban J connectivity index is 2.03. The molecule has 0 radical (unpaired) electrons. The third-order valence-corrected chi connectivity index (χ3v) is 4.03. The largest absolute Gasteiger partial charge is 0.349 e. The highest BCUT2D eigenvalue weighted by Gasteiger charge is 2.14. The van der Waals surface area contributed by atoms with Crippen LogP contribution in [0.3, 0.4) is 0 Å². The minimum atomic E-state index is -0.464. The van der Waals surface area contributed by atoms with Crippen LogP contribution in [0.5, 0.6) is 0 Å². The maximum Gasteiger partial charge on any atom is 0.225 e. The zero-order chi connectivity index (χ0) is 15.4. The molecule has 1 amide bonds. The summed E-state index contributed by atoms with van der Waals surface area (Å²) in [7, 11) is 0. The lowest BCUT2D eigenvalue weighted by Crippen LogP contribution is -2.28. The minimum absolute atomic E-state index is 0.0770. The van der Waals surface area contributed by atoms with E-state index in [1.165, 1.54) is 12.1 Å². The van der Waals surface area contributed by atoms with E-state index in [0.717, 1.165) is 10.0 Å². The van der Waals surface area contributed by atoms with Gasteiger partial charge in [-0.2, -0.15) is 0 Å². The second kappa shape index (κ2) is 7.05. The van der Waals surface area contributed by atoms with Crippen LogP contribution in [0.4, 0.5) is 4.39 Å². The average Bonchev–Trinajstić information content (AvgIpc) is 2.43. The summed E-state index contributed by atoms with van der Waals surface area (Å²) in [5.74, 6) is -0.730. The average molecular weight is 371 g/mol. The Kier molecular flexibility index (Phi) is 5.37. The second-order valence-corrected chi connectivity index (χ2v) is 6.04. The smallest absolute Gasteiger partial charge is 0.225 e. The van der Waals surface area contributed by atoms with E-state index < -0.39 is 5.82 Å². The summed E-state index contributed by atoms with van der Waals surface area (Å²) in [6.45, 7) is 1.88. The molecule has 21 heavy (non-hydrogen) atoms. The Morgan fingerprint density at radius 1 is 1.29 bits per heavy atom. The fourth-order valence-corrected chi connectivity index (χ4v) is 2.48. The van der Waals surface area contributed by atoms with Crippen molar-refractivity contribution >= 4 is 33.4 Å². The molecule has 5 heteroatoms. The molecule has 0 fully saturated rings. The summed E-state index contributed by atoms with van der Waals surface area (Å²) in [6, 6.07) is 11.9. The molecule has 0 saturated heterocycles. The fraction of sp³-hybridized carbons (Fsp3) is 0.188. The molecular weight excluding hydrogens is 357 g/mol. The highest BCUT2D eigenvalue weighted by atomic mass is 79.9. The summed E-state index contributed by atoms with van der Waals surface area (Å²) in [6.07, 6.45) is -0.0770. The molecule has 0 bridgehead atoms. The Hall–Kier alpha value is -1.39. The zero-order valence-electron chi connectivity index (χ0n) is 11.4. The number of hydrogen-bond donors (Lipinski definition) is 1. The first-order chi connectivity index (χ1) is 9.97. The number of nitrogens with one attached hydrogen (secondary N) is 1. The van der Waals surface area contributed by atoms with Gasteiger partial charge in [0.1, 0.15) is 5.82 Å². The number of carbonyl (C=O) groups is 1. The lowest BCUT2D eigenvalue weighted by molar-refractivity contribution is -0.121. The lowest BCUT2D eigenvalue weighted by atomic mass is 10.1. The van der Waals surface area contributed by atoms with Crippen molar-refractivity contribution in [2.24, 2.45) is 0 Å². The van der Waals surface area contributed by atoms with E-state index >= 15 is 0 Å². The van der Waals surface area contributed by atoms with Crippen LogP contribution in [0, 0.1) is 5.82 Å². The molecule has 2 aromatic rings. The van der Waals surface area contributed by atoms with Crippen LogP contribution in [0.2, 0.25) is 5.02 Å². The molecule has 1 atom stereocenters. The van der Waals surface area contributed by atoms with Crippen LogP contribution in [0.25, 0.3) is 0 Å². The van der Waals surface area contributed by atoms with Gasteiger partial charge < -0.3 is 5.32 Å². The predicted octanol–water partition coefficient (Wildman–Crippen LogP) is 4.66. The summed E-state index contributed by atoms with van der Waals surface area (Å²) in [5.41, 5.74) is 1.20. The Morgan fingerprint density at radius 3 is 2.57 bits per heavy atom. The predicted molar refractivity (Wildman–Crippen MR) is 85.8 cm³/mol. The first kappa shape index (κ1) is 16.0. The number of halogens is 3. The van der Waals surface area contributed by atoms with Gasteiger partial charge in [0.2, 0.25) is 5.91 Å². The third kappa shape index (κ3) is 4.29. The number of rotatable bonds is 4. The molecule has 0 spiro atoms. The molecule has 2 aromatic carbocycles. The van der Waals surface area contributed by atoms with Gasteiger partial charge in [0.15, 0.2) is 0 Å². The van der Waals surface area contributed by atoms with E-state index in [9.17, 15) is 9.18 Å². The summed E-state index contributed by atoms with van der Waals surface area (Å²) in [5, 5.41) is 3.10. The van der Waals surface area contributed by atoms with Gasteiger partial charge in [-0.3, -0.25) is 4.79 Å². The van der Waals surface area contributed by atoms with E-state index in [-0.39, 0.29) is 29.0 Å².